The summed E-state index contributed by atoms with van der Waals surface area (Å²) < 4.78 is 14.0. The molecule has 0 aliphatic carbocycles. The van der Waals surface area contributed by atoms with Crippen molar-refractivity contribution in [3.05, 3.63) is 0 Å². The third-order valence-corrected chi connectivity index (χ3v) is 2.91. The highest BCUT2D eigenvalue weighted by Gasteiger charge is 2.40. The Hall–Kier alpha value is -0.110. The molecule has 0 saturated carbocycles. The average Bonchev–Trinajstić information content (AvgIpc) is 1.95. The lowest BCUT2D eigenvalue weighted by molar-refractivity contribution is 0.0118. The Balaban J connectivity index is 2.64. The van der Waals surface area contributed by atoms with Crippen molar-refractivity contribution in [2.45, 2.75) is 32.9 Å². The van der Waals surface area contributed by atoms with Gasteiger partial charge < -0.3 is 5.32 Å². The van der Waals surface area contributed by atoms with Crippen molar-refractivity contribution in [3.63, 3.8) is 0 Å². The first-order valence-corrected chi connectivity index (χ1v) is 4.47. The lowest BCUT2D eigenvalue weighted by Gasteiger charge is -2.39. The molecular weight excluding hydrogens is 141 g/mol. The Kier molecular flexibility index (Phi) is 2.53. The maximum Gasteiger partial charge on any atom is 0.118 e. The molecule has 0 bridgehead atoms. The van der Waals surface area contributed by atoms with Crippen molar-refractivity contribution >= 4 is 0 Å². The fourth-order valence-electron chi connectivity index (χ4n) is 1.87. The predicted octanol–water partition coefficient (Wildman–Crippen LogP) is 1.98. The second kappa shape index (κ2) is 3.10. The summed E-state index contributed by atoms with van der Waals surface area (Å²) in [6.07, 6.45) is 0.672. The summed E-state index contributed by atoms with van der Waals surface area (Å²) in [6.45, 7) is 7.60. The van der Waals surface area contributed by atoms with Crippen LogP contribution in [-0.4, -0.2) is 18.8 Å². The van der Waals surface area contributed by atoms with E-state index in [1.165, 1.54) is 0 Å². The summed E-state index contributed by atoms with van der Waals surface area (Å²) in [7, 11) is 0. The summed E-state index contributed by atoms with van der Waals surface area (Å²) in [4.78, 5) is 0. The van der Waals surface area contributed by atoms with E-state index in [0.717, 1.165) is 13.1 Å². The number of hydrogen-bond acceptors (Lipinski definition) is 1. The molecule has 1 fully saturated rings. The smallest absolute Gasteiger partial charge is 0.118 e. The van der Waals surface area contributed by atoms with Crippen LogP contribution in [-0.2, 0) is 0 Å². The largest absolute Gasteiger partial charge is 0.316 e. The van der Waals surface area contributed by atoms with Crippen LogP contribution in [0.5, 0.6) is 0 Å². The van der Waals surface area contributed by atoms with Crippen LogP contribution in [0.1, 0.15) is 27.2 Å². The van der Waals surface area contributed by atoms with Gasteiger partial charge in [0.05, 0.1) is 0 Å². The molecule has 0 aromatic heterocycles. The van der Waals surface area contributed by atoms with Crippen molar-refractivity contribution in [1.29, 1.82) is 0 Å². The van der Waals surface area contributed by atoms with Gasteiger partial charge in [0.25, 0.3) is 0 Å². The van der Waals surface area contributed by atoms with Gasteiger partial charge in [0.15, 0.2) is 0 Å². The molecule has 1 nitrogen and oxygen atoms in total. The van der Waals surface area contributed by atoms with Gasteiger partial charge in [0.2, 0.25) is 0 Å². The first-order valence-electron chi connectivity index (χ1n) is 4.47. The second-order valence-corrected chi connectivity index (χ2v) is 3.94. The molecule has 1 saturated heterocycles. The highest BCUT2D eigenvalue weighted by Crippen LogP contribution is 2.35. The molecule has 1 aliphatic heterocycles. The summed E-state index contributed by atoms with van der Waals surface area (Å²) in [5, 5.41) is 3.20. The van der Waals surface area contributed by atoms with E-state index in [1.54, 1.807) is 0 Å². The van der Waals surface area contributed by atoms with Crippen molar-refractivity contribution in [1.82, 2.24) is 5.32 Å². The lowest BCUT2D eigenvalue weighted by atomic mass is 9.77. The second-order valence-electron chi connectivity index (χ2n) is 3.94. The number of piperidine rings is 1. The summed E-state index contributed by atoms with van der Waals surface area (Å²) in [6, 6.07) is 0. The maximum atomic E-state index is 14.0. The van der Waals surface area contributed by atoms with Crippen LogP contribution >= 0.6 is 0 Å². The highest BCUT2D eigenvalue weighted by molar-refractivity contribution is 4.92. The van der Waals surface area contributed by atoms with Crippen molar-refractivity contribution < 1.29 is 4.39 Å². The standard InChI is InChI=1S/C9H18FN/c1-7(2)9(10)4-5-11-6-8(9)3/h7-8,11H,4-6H2,1-3H3. The van der Waals surface area contributed by atoms with E-state index in [9.17, 15) is 4.39 Å². The third-order valence-electron chi connectivity index (χ3n) is 2.91. The van der Waals surface area contributed by atoms with Crippen LogP contribution in [0, 0.1) is 11.8 Å². The van der Waals surface area contributed by atoms with E-state index in [0.29, 0.717) is 6.42 Å². The van der Waals surface area contributed by atoms with Crippen LogP contribution in [0.4, 0.5) is 4.39 Å². The van der Waals surface area contributed by atoms with Crippen molar-refractivity contribution in [2.75, 3.05) is 13.1 Å². The quantitative estimate of drug-likeness (QED) is 0.617. The van der Waals surface area contributed by atoms with Crippen molar-refractivity contribution in [3.8, 4) is 0 Å². The van der Waals surface area contributed by atoms with Crippen LogP contribution in [0.2, 0.25) is 0 Å². The summed E-state index contributed by atoms with van der Waals surface area (Å²) in [5.74, 6) is 0.316. The van der Waals surface area contributed by atoms with E-state index < -0.39 is 5.67 Å². The number of nitrogens with one attached hydrogen (secondary N) is 1. The minimum atomic E-state index is -0.925. The fraction of sp³-hybridized carbons (Fsp3) is 1.00. The van der Waals surface area contributed by atoms with Gasteiger partial charge in [-0.25, -0.2) is 4.39 Å². The fourth-order valence-corrected chi connectivity index (χ4v) is 1.87. The SMILES string of the molecule is CC(C)C1(F)CCNCC1C. The molecule has 0 aromatic carbocycles. The Morgan fingerprint density at radius 3 is 2.55 bits per heavy atom. The molecule has 0 radical (unpaired) electrons. The lowest BCUT2D eigenvalue weighted by Crippen LogP contribution is -2.49. The topological polar surface area (TPSA) is 12.0 Å². The van der Waals surface area contributed by atoms with E-state index >= 15 is 0 Å². The molecule has 2 heteroatoms. The Morgan fingerprint density at radius 1 is 1.55 bits per heavy atom. The van der Waals surface area contributed by atoms with E-state index in [1.807, 2.05) is 20.8 Å². The van der Waals surface area contributed by atoms with Crippen molar-refractivity contribution in [2.24, 2.45) is 11.8 Å². The van der Waals surface area contributed by atoms with Crippen LogP contribution in [0.25, 0.3) is 0 Å². The Morgan fingerprint density at radius 2 is 2.18 bits per heavy atom. The van der Waals surface area contributed by atoms with Gasteiger partial charge in [-0.15, -0.1) is 0 Å². The van der Waals surface area contributed by atoms with E-state index in [2.05, 4.69) is 5.32 Å². The number of alkyl halides is 1. The molecular formula is C9H18FN. The van der Waals surface area contributed by atoms with Crippen LogP contribution in [0.3, 0.4) is 0 Å². The van der Waals surface area contributed by atoms with Crippen LogP contribution < -0.4 is 5.32 Å². The molecule has 66 valence electrons. The van der Waals surface area contributed by atoms with Gasteiger partial charge >= 0.3 is 0 Å². The zero-order valence-corrected chi connectivity index (χ0v) is 7.65. The molecule has 1 heterocycles. The highest BCUT2D eigenvalue weighted by atomic mass is 19.1. The summed E-state index contributed by atoms with van der Waals surface area (Å²) in [5.41, 5.74) is -0.925. The minimum Gasteiger partial charge on any atom is -0.316 e. The van der Waals surface area contributed by atoms with Gasteiger partial charge in [-0.2, -0.15) is 0 Å². The number of rotatable bonds is 1. The zero-order valence-electron chi connectivity index (χ0n) is 7.65. The van der Waals surface area contributed by atoms with Gasteiger partial charge in [-0.05, 0) is 18.9 Å². The monoisotopic (exact) mass is 159 g/mol. The molecule has 0 aromatic rings. The normalized spacial score (nSPS) is 39.5. The first kappa shape index (κ1) is 8.98. The first-order chi connectivity index (χ1) is 5.07. The molecule has 11 heavy (non-hydrogen) atoms. The van der Waals surface area contributed by atoms with Crippen LogP contribution in [0.15, 0.2) is 0 Å². The predicted molar refractivity (Wildman–Crippen MR) is 45.3 cm³/mol. The molecule has 0 spiro atoms. The summed E-state index contributed by atoms with van der Waals surface area (Å²) >= 11 is 0. The molecule has 2 atom stereocenters. The molecule has 2 unspecified atom stereocenters. The van der Waals surface area contributed by atoms with E-state index in [4.69, 9.17) is 0 Å². The van der Waals surface area contributed by atoms with Gasteiger partial charge in [0, 0.05) is 12.5 Å². The third kappa shape index (κ3) is 1.56. The number of halogens is 1. The van der Waals surface area contributed by atoms with Gasteiger partial charge in [-0.1, -0.05) is 20.8 Å². The molecule has 1 rings (SSSR count). The molecule has 0 amide bonds. The Labute approximate surface area is 68.4 Å². The minimum absolute atomic E-state index is 0.152. The van der Waals surface area contributed by atoms with E-state index in [-0.39, 0.29) is 11.8 Å². The average molecular weight is 159 g/mol. The molecule has 1 aliphatic rings. The Bertz CT molecular complexity index is 136. The molecule has 1 N–H and O–H groups in total. The van der Waals surface area contributed by atoms with Gasteiger partial charge in [-0.3, -0.25) is 0 Å². The van der Waals surface area contributed by atoms with Gasteiger partial charge in [0.1, 0.15) is 5.67 Å². The number of hydrogen-bond donors (Lipinski definition) is 1. The zero-order chi connectivity index (χ0) is 8.48. The maximum absolute atomic E-state index is 14.0.